The largest absolute Gasteiger partial charge is 0.289 e. The Hall–Kier alpha value is -1.86. The summed E-state index contributed by atoms with van der Waals surface area (Å²) in [7, 11) is 0. The number of rotatable bonds is 4. The van der Waals surface area contributed by atoms with Crippen molar-refractivity contribution in [3.63, 3.8) is 0 Å². The number of ketones is 1. The monoisotopic (exact) mass is 270 g/mol. The Kier molecular flexibility index (Phi) is 4.18. The zero-order valence-corrected chi connectivity index (χ0v) is 11.6. The van der Waals surface area contributed by atoms with E-state index < -0.39 is 0 Å². The van der Waals surface area contributed by atoms with Crippen LogP contribution in [-0.4, -0.2) is 5.78 Å². The molecule has 0 atom stereocenters. The summed E-state index contributed by atoms with van der Waals surface area (Å²) in [5.74, 6) is -0.0244. The Labute approximate surface area is 118 Å². The molecule has 0 fully saturated rings. The van der Waals surface area contributed by atoms with Gasteiger partial charge in [0.2, 0.25) is 0 Å². The lowest BCUT2D eigenvalue weighted by molar-refractivity contribution is 0.103. The Bertz CT molecular complexity index is 614. The molecule has 0 aromatic heterocycles. The maximum absolute atomic E-state index is 12.3. The molecule has 0 bridgehead atoms. The molecule has 2 rings (SSSR count). The minimum absolute atomic E-state index is 0.0244. The van der Waals surface area contributed by atoms with E-state index in [9.17, 15) is 4.79 Å². The van der Waals surface area contributed by atoms with Crippen LogP contribution in [0.2, 0.25) is 5.02 Å². The molecule has 0 saturated carbocycles. The van der Waals surface area contributed by atoms with Crippen molar-refractivity contribution in [2.45, 2.75) is 13.3 Å². The van der Waals surface area contributed by atoms with Gasteiger partial charge in [0.05, 0.1) is 0 Å². The first kappa shape index (κ1) is 13.6. The number of hydrogen-bond acceptors (Lipinski definition) is 1. The number of carbonyl (C=O) groups is 1. The van der Waals surface area contributed by atoms with Gasteiger partial charge in [0.25, 0.3) is 0 Å². The summed E-state index contributed by atoms with van der Waals surface area (Å²) in [6.45, 7) is 5.78. The molecule has 0 amide bonds. The number of aryl methyl sites for hydroxylation is 1. The maximum atomic E-state index is 12.3. The highest BCUT2D eigenvalue weighted by Crippen LogP contribution is 2.19. The third-order valence-electron chi connectivity index (χ3n) is 3.00. The molecule has 0 heterocycles. The molecule has 0 saturated heterocycles. The van der Waals surface area contributed by atoms with Crippen molar-refractivity contribution in [1.29, 1.82) is 0 Å². The Morgan fingerprint density at radius 2 is 1.84 bits per heavy atom. The fourth-order valence-electron chi connectivity index (χ4n) is 1.91. The molecule has 1 nitrogen and oxygen atoms in total. The second-order valence-corrected chi connectivity index (χ2v) is 4.97. The Balaban J connectivity index is 2.15. The van der Waals surface area contributed by atoms with E-state index in [1.807, 2.05) is 37.3 Å². The third kappa shape index (κ3) is 3.33. The van der Waals surface area contributed by atoms with Gasteiger partial charge in [0.15, 0.2) is 5.78 Å². The summed E-state index contributed by atoms with van der Waals surface area (Å²) in [5.41, 5.74) is 3.22. The second kappa shape index (κ2) is 5.85. The first-order valence-corrected chi connectivity index (χ1v) is 6.48. The fraction of sp³-hybridized carbons (Fsp3) is 0.118. The first-order chi connectivity index (χ1) is 9.08. The van der Waals surface area contributed by atoms with Crippen LogP contribution in [0.4, 0.5) is 0 Å². The van der Waals surface area contributed by atoms with Crippen LogP contribution in [0.5, 0.6) is 0 Å². The molecular formula is C17H15ClO. The third-order valence-corrected chi connectivity index (χ3v) is 3.43. The highest BCUT2D eigenvalue weighted by atomic mass is 35.5. The molecule has 0 aliphatic rings. The molecule has 2 aromatic carbocycles. The number of benzene rings is 2. The first-order valence-electron chi connectivity index (χ1n) is 6.10. The van der Waals surface area contributed by atoms with Crippen molar-refractivity contribution >= 4 is 17.4 Å². The number of halogens is 1. The lowest BCUT2D eigenvalue weighted by atomic mass is 9.97. The van der Waals surface area contributed by atoms with Gasteiger partial charge in [-0.1, -0.05) is 48.5 Å². The van der Waals surface area contributed by atoms with Crippen molar-refractivity contribution in [3.8, 4) is 0 Å². The molecule has 2 heteroatoms. The minimum Gasteiger partial charge on any atom is -0.289 e. The molecule has 19 heavy (non-hydrogen) atoms. The molecule has 0 radical (unpaired) electrons. The fourth-order valence-corrected chi connectivity index (χ4v) is 2.03. The number of hydrogen-bond donors (Lipinski definition) is 0. The molecule has 96 valence electrons. The molecule has 0 N–H and O–H groups in total. The van der Waals surface area contributed by atoms with Crippen LogP contribution in [-0.2, 0) is 6.42 Å². The van der Waals surface area contributed by atoms with Crippen LogP contribution in [0.25, 0.3) is 0 Å². The summed E-state index contributed by atoms with van der Waals surface area (Å²) < 4.78 is 0. The van der Waals surface area contributed by atoms with Gasteiger partial charge in [-0.25, -0.2) is 0 Å². The lowest BCUT2D eigenvalue weighted by Gasteiger charge is -2.07. The Morgan fingerprint density at radius 3 is 2.47 bits per heavy atom. The van der Waals surface area contributed by atoms with E-state index in [1.165, 1.54) is 0 Å². The van der Waals surface area contributed by atoms with Crippen LogP contribution in [0.15, 0.2) is 60.7 Å². The molecular weight excluding hydrogens is 256 g/mol. The molecule has 2 aromatic rings. The summed E-state index contributed by atoms with van der Waals surface area (Å²) in [4.78, 5) is 12.3. The van der Waals surface area contributed by atoms with E-state index in [4.69, 9.17) is 11.6 Å². The number of allylic oxidation sites excluding steroid dienone is 1. The normalized spacial score (nSPS) is 10.2. The Morgan fingerprint density at radius 1 is 1.16 bits per heavy atom. The standard InChI is InChI=1S/C17H15ClO/c1-12-11-15(8-9-16(12)18)17(19)13(2)10-14-6-4-3-5-7-14/h3-9,11H,2,10H2,1H3. The topological polar surface area (TPSA) is 17.1 Å². The molecule has 0 aliphatic carbocycles. The van der Waals surface area contributed by atoms with Crippen molar-refractivity contribution in [2.24, 2.45) is 0 Å². The van der Waals surface area contributed by atoms with E-state index >= 15 is 0 Å². The smallest absolute Gasteiger partial charge is 0.188 e. The summed E-state index contributed by atoms with van der Waals surface area (Å²) in [6, 6.07) is 15.2. The average molecular weight is 271 g/mol. The van der Waals surface area contributed by atoms with Gasteiger partial charge in [-0.15, -0.1) is 0 Å². The number of Topliss-reactive ketones (excluding diaryl/α,β-unsaturated/α-hetero) is 1. The zero-order chi connectivity index (χ0) is 13.8. The quantitative estimate of drug-likeness (QED) is 0.585. The predicted molar refractivity (Wildman–Crippen MR) is 79.8 cm³/mol. The van der Waals surface area contributed by atoms with E-state index in [0.717, 1.165) is 11.1 Å². The van der Waals surface area contributed by atoms with Gasteiger partial charge in [0, 0.05) is 17.0 Å². The van der Waals surface area contributed by atoms with E-state index in [1.54, 1.807) is 18.2 Å². The molecule has 0 unspecified atom stereocenters. The molecule has 0 aliphatic heterocycles. The highest BCUT2D eigenvalue weighted by molar-refractivity contribution is 6.31. The predicted octanol–water partition coefficient (Wildman–Crippen LogP) is 4.63. The van der Waals surface area contributed by atoms with Gasteiger partial charge in [-0.05, 0) is 41.8 Å². The summed E-state index contributed by atoms with van der Waals surface area (Å²) in [6.07, 6.45) is 0.571. The summed E-state index contributed by atoms with van der Waals surface area (Å²) >= 11 is 5.96. The van der Waals surface area contributed by atoms with E-state index in [0.29, 0.717) is 22.6 Å². The van der Waals surface area contributed by atoms with Gasteiger partial charge in [0.1, 0.15) is 0 Å². The van der Waals surface area contributed by atoms with Crippen LogP contribution >= 0.6 is 11.6 Å². The average Bonchev–Trinajstić information content (AvgIpc) is 2.42. The number of carbonyl (C=O) groups excluding carboxylic acids is 1. The van der Waals surface area contributed by atoms with Gasteiger partial charge < -0.3 is 0 Å². The van der Waals surface area contributed by atoms with Gasteiger partial charge >= 0.3 is 0 Å². The maximum Gasteiger partial charge on any atom is 0.188 e. The van der Waals surface area contributed by atoms with Gasteiger partial charge in [-0.2, -0.15) is 0 Å². The zero-order valence-electron chi connectivity index (χ0n) is 10.8. The van der Waals surface area contributed by atoms with Crippen LogP contribution < -0.4 is 0 Å². The van der Waals surface area contributed by atoms with Crippen LogP contribution in [0.1, 0.15) is 21.5 Å². The SMILES string of the molecule is C=C(Cc1ccccc1)C(=O)c1ccc(Cl)c(C)c1. The second-order valence-electron chi connectivity index (χ2n) is 4.56. The van der Waals surface area contributed by atoms with Crippen molar-refractivity contribution in [2.75, 3.05) is 0 Å². The summed E-state index contributed by atoms with van der Waals surface area (Å²) in [5, 5.41) is 0.672. The van der Waals surface area contributed by atoms with E-state index in [-0.39, 0.29) is 5.78 Å². The van der Waals surface area contributed by atoms with Crippen molar-refractivity contribution in [3.05, 3.63) is 82.4 Å². The lowest BCUT2D eigenvalue weighted by Crippen LogP contribution is -2.05. The van der Waals surface area contributed by atoms with Crippen LogP contribution in [0, 0.1) is 6.92 Å². The molecule has 0 spiro atoms. The van der Waals surface area contributed by atoms with E-state index in [2.05, 4.69) is 6.58 Å². The highest BCUT2D eigenvalue weighted by Gasteiger charge is 2.11. The van der Waals surface area contributed by atoms with Crippen LogP contribution in [0.3, 0.4) is 0 Å². The van der Waals surface area contributed by atoms with Crippen molar-refractivity contribution in [1.82, 2.24) is 0 Å². The minimum atomic E-state index is -0.0244. The van der Waals surface area contributed by atoms with Gasteiger partial charge in [-0.3, -0.25) is 4.79 Å². The van der Waals surface area contributed by atoms with Crippen molar-refractivity contribution < 1.29 is 4.79 Å².